The Hall–Kier alpha value is -0.0500. The second-order valence-corrected chi connectivity index (χ2v) is 3.78. The van der Waals surface area contributed by atoms with E-state index in [4.69, 9.17) is 0 Å². The number of amides is 1. The Kier molecular flexibility index (Phi) is 2.58. The Balaban J connectivity index is 2.45. The van der Waals surface area contributed by atoms with E-state index in [0.29, 0.717) is 0 Å². The van der Waals surface area contributed by atoms with Crippen molar-refractivity contribution in [1.82, 2.24) is 3.93 Å². The van der Waals surface area contributed by atoms with Crippen LogP contribution in [0.1, 0.15) is 39.5 Å². The first-order chi connectivity index (χ1) is 5.19. The molecule has 2 nitrogen and oxygen atoms in total. The van der Waals surface area contributed by atoms with Gasteiger partial charge in [-0.25, -0.2) is 0 Å². The summed E-state index contributed by atoms with van der Waals surface area (Å²) in [5, 5.41) is 0. The highest BCUT2D eigenvalue weighted by atomic mass is 79.9. The average Bonchev–Trinajstić information content (AvgIpc) is 2.54. The maximum Gasteiger partial charge on any atom is 0.260 e. The summed E-state index contributed by atoms with van der Waals surface area (Å²) in [7, 11) is 0. The molecule has 0 aromatic heterocycles. The first-order valence-electron chi connectivity index (χ1n) is 4.19. The fraction of sp³-hybridized carbons (Fsp3) is 0.875. The van der Waals surface area contributed by atoms with Gasteiger partial charge >= 0.3 is 0 Å². The molecule has 1 unspecified atom stereocenters. The molecule has 0 saturated carbocycles. The van der Waals surface area contributed by atoms with Crippen LogP contribution in [-0.2, 0) is 4.79 Å². The molecule has 0 bridgehead atoms. The summed E-state index contributed by atoms with van der Waals surface area (Å²) in [6.45, 7) is 4.21. The van der Waals surface area contributed by atoms with Gasteiger partial charge in [0.2, 0.25) is 0 Å². The third-order valence-corrected chi connectivity index (χ3v) is 3.43. The minimum atomic E-state index is -0.129. The smallest absolute Gasteiger partial charge is 0.260 e. The Labute approximate surface area is 76.3 Å². The lowest BCUT2D eigenvalue weighted by atomic mass is 9.99. The first-order valence-corrected chi connectivity index (χ1v) is 4.90. The van der Waals surface area contributed by atoms with E-state index in [9.17, 15) is 4.79 Å². The van der Waals surface area contributed by atoms with Crippen LogP contribution in [0.4, 0.5) is 0 Å². The zero-order valence-corrected chi connectivity index (χ0v) is 8.65. The molecule has 64 valence electrons. The lowest BCUT2D eigenvalue weighted by molar-refractivity contribution is -0.113. The van der Waals surface area contributed by atoms with Gasteiger partial charge in [-0.05, 0) is 12.8 Å². The fourth-order valence-corrected chi connectivity index (χ4v) is 2.23. The lowest BCUT2D eigenvalue weighted by Crippen LogP contribution is -2.13. The van der Waals surface area contributed by atoms with Crippen LogP contribution in [0.5, 0.6) is 0 Å². The van der Waals surface area contributed by atoms with Crippen molar-refractivity contribution < 1.29 is 4.79 Å². The first kappa shape index (κ1) is 9.04. The fourth-order valence-electron chi connectivity index (χ4n) is 1.40. The highest BCUT2D eigenvalue weighted by Gasteiger charge is 2.59. The van der Waals surface area contributed by atoms with Crippen molar-refractivity contribution in [3.8, 4) is 0 Å². The van der Waals surface area contributed by atoms with Crippen LogP contribution in [-0.4, -0.2) is 15.4 Å². The maximum absolute atomic E-state index is 11.2. The molecule has 0 spiro atoms. The molecule has 1 rings (SSSR count). The third kappa shape index (κ3) is 1.31. The molecule has 1 saturated heterocycles. The Morgan fingerprint density at radius 3 is 2.36 bits per heavy atom. The van der Waals surface area contributed by atoms with E-state index in [1.165, 1.54) is 0 Å². The monoisotopic (exact) mass is 219 g/mol. The zero-order valence-electron chi connectivity index (χ0n) is 7.06. The summed E-state index contributed by atoms with van der Waals surface area (Å²) in [4.78, 5) is 11.2. The van der Waals surface area contributed by atoms with E-state index < -0.39 is 0 Å². The van der Waals surface area contributed by atoms with Crippen molar-refractivity contribution in [3.63, 3.8) is 0 Å². The van der Waals surface area contributed by atoms with Crippen LogP contribution >= 0.6 is 16.1 Å². The van der Waals surface area contributed by atoms with Gasteiger partial charge in [-0.15, -0.1) is 0 Å². The molecule has 1 atom stereocenters. The number of hydrogen-bond donors (Lipinski definition) is 0. The molecule has 11 heavy (non-hydrogen) atoms. The SMILES string of the molecule is CCCCC1(CC)C(=O)N1Br. The van der Waals surface area contributed by atoms with Crippen molar-refractivity contribution in [2.24, 2.45) is 0 Å². The third-order valence-electron chi connectivity index (χ3n) is 2.43. The van der Waals surface area contributed by atoms with Crippen molar-refractivity contribution >= 4 is 22.1 Å². The van der Waals surface area contributed by atoms with Gasteiger partial charge in [-0.1, -0.05) is 26.7 Å². The summed E-state index contributed by atoms with van der Waals surface area (Å²) in [6, 6.07) is 0. The molecule has 0 aromatic rings. The second-order valence-electron chi connectivity index (χ2n) is 3.07. The Bertz CT molecular complexity index is 171. The normalized spacial score (nSPS) is 29.4. The molecule has 1 amide bonds. The van der Waals surface area contributed by atoms with Gasteiger partial charge in [0.05, 0.1) is 16.1 Å². The topological polar surface area (TPSA) is 20.1 Å². The van der Waals surface area contributed by atoms with E-state index in [1.54, 1.807) is 3.93 Å². The quantitative estimate of drug-likeness (QED) is 0.526. The summed E-state index contributed by atoms with van der Waals surface area (Å²) in [5.41, 5.74) is -0.129. The Morgan fingerprint density at radius 2 is 2.09 bits per heavy atom. The van der Waals surface area contributed by atoms with Gasteiger partial charge in [0, 0.05) is 0 Å². The van der Waals surface area contributed by atoms with Gasteiger partial charge in [0.25, 0.3) is 5.91 Å². The number of halogens is 1. The summed E-state index contributed by atoms with van der Waals surface area (Å²) < 4.78 is 1.69. The molecule has 0 aliphatic carbocycles. The van der Waals surface area contributed by atoms with Gasteiger partial charge in [0.15, 0.2) is 0 Å². The van der Waals surface area contributed by atoms with Crippen molar-refractivity contribution in [3.05, 3.63) is 0 Å². The molecular formula is C8H14BrNO. The zero-order chi connectivity index (χ0) is 8.48. The van der Waals surface area contributed by atoms with E-state index in [1.807, 2.05) is 0 Å². The minimum absolute atomic E-state index is 0.129. The van der Waals surface area contributed by atoms with E-state index in [2.05, 4.69) is 30.0 Å². The molecule has 0 aromatic carbocycles. The summed E-state index contributed by atoms with van der Waals surface area (Å²) >= 11 is 3.25. The molecule has 1 aliphatic rings. The lowest BCUT2D eigenvalue weighted by Gasteiger charge is -2.07. The highest BCUT2D eigenvalue weighted by molar-refractivity contribution is 9.08. The van der Waals surface area contributed by atoms with Gasteiger partial charge < -0.3 is 0 Å². The van der Waals surface area contributed by atoms with Gasteiger partial charge in [0.1, 0.15) is 5.54 Å². The number of nitrogens with zero attached hydrogens (tertiary/aromatic N) is 1. The molecule has 1 heterocycles. The van der Waals surface area contributed by atoms with Crippen molar-refractivity contribution in [1.29, 1.82) is 0 Å². The van der Waals surface area contributed by atoms with E-state index in [-0.39, 0.29) is 11.4 Å². The van der Waals surface area contributed by atoms with Crippen LogP contribution in [0.25, 0.3) is 0 Å². The predicted octanol–water partition coefficient (Wildman–Crippen LogP) is 2.48. The molecule has 3 heteroatoms. The minimum Gasteiger partial charge on any atom is -0.271 e. The number of carbonyl (C=O) groups excluding carboxylic acids is 1. The predicted molar refractivity (Wildman–Crippen MR) is 48.3 cm³/mol. The number of unbranched alkanes of at least 4 members (excludes halogenated alkanes) is 1. The average molecular weight is 220 g/mol. The number of hydrogen-bond acceptors (Lipinski definition) is 1. The summed E-state index contributed by atoms with van der Waals surface area (Å²) in [6.07, 6.45) is 4.23. The van der Waals surface area contributed by atoms with E-state index in [0.717, 1.165) is 25.7 Å². The maximum atomic E-state index is 11.2. The van der Waals surface area contributed by atoms with Crippen LogP contribution in [0.3, 0.4) is 0 Å². The van der Waals surface area contributed by atoms with E-state index >= 15 is 0 Å². The summed E-state index contributed by atoms with van der Waals surface area (Å²) in [5.74, 6) is 0.258. The standard InChI is InChI=1S/C8H14BrNO/c1-3-5-6-8(4-2)7(11)10(8)9/h3-6H2,1-2H3. The highest BCUT2D eigenvalue weighted by Crippen LogP contribution is 2.44. The molecule has 1 aliphatic heterocycles. The molecule has 0 N–H and O–H groups in total. The van der Waals surface area contributed by atoms with Crippen molar-refractivity contribution in [2.75, 3.05) is 0 Å². The molecule has 1 fully saturated rings. The van der Waals surface area contributed by atoms with Gasteiger partial charge in [-0.3, -0.25) is 8.72 Å². The molecule has 0 radical (unpaired) electrons. The van der Waals surface area contributed by atoms with Crippen LogP contribution in [0.15, 0.2) is 0 Å². The Morgan fingerprint density at radius 1 is 1.55 bits per heavy atom. The van der Waals surface area contributed by atoms with Crippen LogP contribution in [0.2, 0.25) is 0 Å². The van der Waals surface area contributed by atoms with Gasteiger partial charge in [-0.2, -0.15) is 0 Å². The second kappa shape index (κ2) is 3.13. The largest absolute Gasteiger partial charge is 0.271 e. The number of carbonyl (C=O) groups is 1. The van der Waals surface area contributed by atoms with Crippen LogP contribution < -0.4 is 0 Å². The molecular weight excluding hydrogens is 206 g/mol. The van der Waals surface area contributed by atoms with Crippen molar-refractivity contribution in [2.45, 2.75) is 45.1 Å². The number of rotatable bonds is 4. The van der Waals surface area contributed by atoms with Crippen LogP contribution in [0, 0.1) is 0 Å².